The molecule has 2 rings (SSSR count). The summed E-state index contributed by atoms with van der Waals surface area (Å²) < 4.78 is 88.7. The fraction of sp³-hybridized carbons (Fsp3) is 0.350. The van der Waals surface area contributed by atoms with Crippen molar-refractivity contribution in [1.29, 1.82) is 0 Å². The zero-order chi connectivity index (χ0) is 22.1. The van der Waals surface area contributed by atoms with E-state index in [2.05, 4.69) is 4.74 Å². The summed E-state index contributed by atoms with van der Waals surface area (Å²) in [6.07, 6.45) is -5.90. The van der Waals surface area contributed by atoms with Crippen LogP contribution in [0.3, 0.4) is 0 Å². The van der Waals surface area contributed by atoms with E-state index in [0.717, 1.165) is 6.07 Å². The highest BCUT2D eigenvalue weighted by molar-refractivity contribution is 5.74. The minimum Gasteiger partial charge on any atom is -0.466 e. The minimum absolute atomic E-state index is 0.0357. The first kappa shape index (κ1) is 22.7. The maximum absolute atomic E-state index is 15.2. The van der Waals surface area contributed by atoms with Crippen LogP contribution in [0.25, 0.3) is 11.1 Å². The van der Waals surface area contributed by atoms with Crippen molar-refractivity contribution < 1.29 is 35.9 Å². The lowest BCUT2D eigenvalue weighted by Crippen LogP contribution is -2.22. The monoisotopic (exact) mass is 419 g/mol. The number of carbonyl (C=O) groups is 1. The Morgan fingerprint density at radius 1 is 1.14 bits per heavy atom. The standard InChI is InChI=1S/C20H19F6NO2/c1-4-29-15(28)8-14(27)17-18(22)11(7-12(19(17)23)20(24,25)26)16-9(2)5-6-13(21)10(16)3/h5-7,14H,4,8,27H2,1-3H3/t14-/m0/s1. The molecule has 29 heavy (non-hydrogen) atoms. The van der Waals surface area contributed by atoms with Crippen molar-refractivity contribution in [1.82, 2.24) is 0 Å². The summed E-state index contributed by atoms with van der Waals surface area (Å²) in [5, 5.41) is 0. The van der Waals surface area contributed by atoms with Crippen LogP contribution in [0.5, 0.6) is 0 Å². The van der Waals surface area contributed by atoms with Gasteiger partial charge >= 0.3 is 12.1 Å². The molecular weight excluding hydrogens is 400 g/mol. The number of rotatable bonds is 5. The van der Waals surface area contributed by atoms with Crippen LogP contribution in [0.15, 0.2) is 18.2 Å². The highest BCUT2D eigenvalue weighted by Gasteiger charge is 2.39. The number of ether oxygens (including phenoxy) is 1. The predicted octanol–water partition coefficient (Wildman–Crippen LogP) is 5.36. The number of esters is 1. The first-order valence-corrected chi connectivity index (χ1v) is 8.66. The van der Waals surface area contributed by atoms with Crippen molar-refractivity contribution in [3.05, 3.63) is 57.9 Å². The summed E-state index contributed by atoms with van der Waals surface area (Å²) in [5.74, 6) is -4.98. The number of aryl methyl sites for hydroxylation is 1. The lowest BCUT2D eigenvalue weighted by Gasteiger charge is -2.21. The van der Waals surface area contributed by atoms with E-state index in [-0.39, 0.29) is 23.3 Å². The Morgan fingerprint density at radius 3 is 2.31 bits per heavy atom. The van der Waals surface area contributed by atoms with Gasteiger partial charge in [-0.3, -0.25) is 4.79 Å². The second kappa shape index (κ2) is 8.44. The molecule has 1 atom stereocenters. The van der Waals surface area contributed by atoms with Crippen LogP contribution in [0.1, 0.15) is 41.6 Å². The van der Waals surface area contributed by atoms with Gasteiger partial charge in [-0.1, -0.05) is 6.07 Å². The van der Waals surface area contributed by atoms with Gasteiger partial charge in [0.1, 0.15) is 17.5 Å². The summed E-state index contributed by atoms with van der Waals surface area (Å²) in [6, 6.07) is 0.920. The number of hydrogen-bond donors (Lipinski definition) is 1. The van der Waals surface area contributed by atoms with Crippen molar-refractivity contribution in [2.75, 3.05) is 6.61 Å². The first-order valence-electron chi connectivity index (χ1n) is 8.66. The predicted molar refractivity (Wildman–Crippen MR) is 94.4 cm³/mol. The number of benzene rings is 2. The molecule has 2 N–H and O–H groups in total. The van der Waals surface area contributed by atoms with E-state index in [1.54, 1.807) is 0 Å². The van der Waals surface area contributed by atoms with Crippen LogP contribution in [-0.2, 0) is 15.7 Å². The van der Waals surface area contributed by atoms with E-state index in [9.17, 15) is 26.7 Å². The molecule has 0 radical (unpaired) electrons. The average Bonchev–Trinajstić information content (AvgIpc) is 2.59. The quantitative estimate of drug-likeness (QED) is 0.525. The highest BCUT2D eigenvalue weighted by Crippen LogP contribution is 2.41. The van der Waals surface area contributed by atoms with Crippen LogP contribution >= 0.6 is 0 Å². The van der Waals surface area contributed by atoms with Crippen LogP contribution in [0.2, 0.25) is 0 Å². The summed E-state index contributed by atoms with van der Waals surface area (Å²) in [6.45, 7) is 4.18. The lowest BCUT2D eigenvalue weighted by atomic mass is 9.89. The molecule has 9 heteroatoms. The molecule has 0 heterocycles. The molecule has 0 aliphatic heterocycles. The van der Waals surface area contributed by atoms with E-state index in [4.69, 9.17) is 5.73 Å². The normalized spacial score (nSPS) is 12.8. The largest absolute Gasteiger partial charge is 0.466 e. The van der Waals surface area contributed by atoms with Gasteiger partial charge in [-0.05, 0) is 49.6 Å². The summed E-state index contributed by atoms with van der Waals surface area (Å²) >= 11 is 0. The molecule has 0 spiro atoms. The Balaban J connectivity index is 2.81. The maximum atomic E-state index is 15.2. The molecule has 0 saturated carbocycles. The number of halogens is 6. The van der Waals surface area contributed by atoms with Gasteiger partial charge in [0, 0.05) is 17.2 Å². The third kappa shape index (κ3) is 4.55. The summed E-state index contributed by atoms with van der Waals surface area (Å²) in [5.41, 5.74) is 2.20. The van der Waals surface area contributed by atoms with E-state index >= 15 is 4.39 Å². The Hall–Kier alpha value is -2.55. The molecule has 0 aromatic heterocycles. The van der Waals surface area contributed by atoms with Crippen molar-refractivity contribution >= 4 is 5.97 Å². The highest BCUT2D eigenvalue weighted by atomic mass is 19.4. The number of hydrogen-bond acceptors (Lipinski definition) is 3. The molecular formula is C20H19F6NO2. The minimum atomic E-state index is -5.17. The van der Waals surface area contributed by atoms with Gasteiger partial charge in [0.25, 0.3) is 0 Å². The van der Waals surface area contributed by atoms with Crippen molar-refractivity contribution in [3.63, 3.8) is 0 Å². The fourth-order valence-electron chi connectivity index (χ4n) is 3.11. The van der Waals surface area contributed by atoms with Crippen LogP contribution in [0, 0.1) is 31.3 Å². The van der Waals surface area contributed by atoms with E-state index in [0.29, 0.717) is 6.07 Å². The lowest BCUT2D eigenvalue weighted by molar-refractivity contribution is -0.143. The smallest absolute Gasteiger partial charge is 0.419 e. The van der Waals surface area contributed by atoms with Crippen molar-refractivity contribution in [2.24, 2.45) is 5.73 Å². The van der Waals surface area contributed by atoms with Crippen LogP contribution < -0.4 is 5.73 Å². The van der Waals surface area contributed by atoms with E-state index < -0.39 is 58.8 Å². The van der Waals surface area contributed by atoms with E-state index in [1.165, 1.54) is 26.8 Å². The molecule has 0 amide bonds. The Kier molecular flexibility index (Phi) is 6.62. The summed E-state index contributed by atoms with van der Waals surface area (Å²) in [4.78, 5) is 11.6. The third-order valence-corrected chi connectivity index (χ3v) is 4.48. The zero-order valence-corrected chi connectivity index (χ0v) is 15.9. The molecule has 0 bridgehead atoms. The first-order chi connectivity index (χ1) is 13.4. The Bertz CT molecular complexity index is 940. The second-order valence-electron chi connectivity index (χ2n) is 6.49. The van der Waals surface area contributed by atoms with Crippen LogP contribution in [-0.4, -0.2) is 12.6 Å². The maximum Gasteiger partial charge on any atom is 0.419 e. The molecule has 158 valence electrons. The molecule has 0 aliphatic rings. The fourth-order valence-corrected chi connectivity index (χ4v) is 3.11. The van der Waals surface area contributed by atoms with E-state index in [1.807, 2.05) is 0 Å². The number of alkyl halides is 3. The van der Waals surface area contributed by atoms with Gasteiger partial charge in [0.15, 0.2) is 0 Å². The molecule has 2 aromatic carbocycles. The van der Waals surface area contributed by atoms with Gasteiger partial charge < -0.3 is 10.5 Å². The van der Waals surface area contributed by atoms with Gasteiger partial charge in [-0.25, -0.2) is 13.2 Å². The topological polar surface area (TPSA) is 52.3 Å². The molecule has 0 unspecified atom stereocenters. The van der Waals surface area contributed by atoms with Gasteiger partial charge in [-0.15, -0.1) is 0 Å². The Labute approximate surface area is 163 Å². The molecule has 0 aliphatic carbocycles. The average molecular weight is 419 g/mol. The second-order valence-corrected chi connectivity index (χ2v) is 6.49. The van der Waals surface area contributed by atoms with Gasteiger partial charge in [-0.2, -0.15) is 13.2 Å². The van der Waals surface area contributed by atoms with Crippen molar-refractivity contribution in [2.45, 2.75) is 39.4 Å². The molecule has 2 aromatic rings. The Morgan fingerprint density at radius 2 is 1.76 bits per heavy atom. The van der Waals surface area contributed by atoms with Gasteiger partial charge in [0.05, 0.1) is 18.6 Å². The van der Waals surface area contributed by atoms with Crippen LogP contribution in [0.4, 0.5) is 26.3 Å². The third-order valence-electron chi connectivity index (χ3n) is 4.48. The zero-order valence-electron chi connectivity index (χ0n) is 15.9. The van der Waals surface area contributed by atoms with Gasteiger partial charge in [0.2, 0.25) is 0 Å². The molecule has 0 saturated heterocycles. The number of carbonyl (C=O) groups excluding carboxylic acids is 1. The number of nitrogens with two attached hydrogens (primary N) is 1. The van der Waals surface area contributed by atoms with Crippen molar-refractivity contribution in [3.8, 4) is 11.1 Å². The summed E-state index contributed by atoms with van der Waals surface area (Å²) in [7, 11) is 0. The SMILES string of the molecule is CCOC(=O)C[C@H](N)c1c(F)c(-c2c(C)ccc(F)c2C)cc(C(F)(F)F)c1F. The molecule has 3 nitrogen and oxygen atoms in total. The molecule has 0 fully saturated rings.